The van der Waals surface area contributed by atoms with E-state index in [1.807, 2.05) is 24.3 Å². The second-order valence-corrected chi connectivity index (χ2v) is 6.05. The quantitative estimate of drug-likeness (QED) is 0.882. The summed E-state index contributed by atoms with van der Waals surface area (Å²) in [6, 6.07) is 12.6. The first-order valence-corrected chi connectivity index (χ1v) is 8.08. The summed E-state index contributed by atoms with van der Waals surface area (Å²) in [6.45, 7) is 2.37. The van der Waals surface area contributed by atoms with Crippen molar-refractivity contribution in [3.63, 3.8) is 0 Å². The van der Waals surface area contributed by atoms with Crippen molar-refractivity contribution in [3.05, 3.63) is 63.6 Å². The Labute approximate surface area is 144 Å². The Hall–Kier alpha value is -1.59. The van der Waals surface area contributed by atoms with Gasteiger partial charge in [0.15, 0.2) is 0 Å². The lowest BCUT2D eigenvalue weighted by atomic mass is 10.1. The highest BCUT2D eigenvalue weighted by molar-refractivity contribution is 6.40. The minimum absolute atomic E-state index is 0.0477. The van der Waals surface area contributed by atoms with Crippen molar-refractivity contribution >= 4 is 34.8 Å². The molecule has 0 unspecified atom stereocenters. The number of amides is 1. The Bertz CT molecular complexity index is 678. The molecule has 2 aromatic carbocycles. The van der Waals surface area contributed by atoms with Crippen molar-refractivity contribution in [3.8, 4) is 0 Å². The maximum Gasteiger partial charge on any atom is 0.258 e. The van der Waals surface area contributed by atoms with Gasteiger partial charge in [-0.3, -0.25) is 4.79 Å². The molecule has 1 fully saturated rings. The van der Waals surface area contributed by atoms with E-state index in [0.717, 1.165) is 18.7 Å². The van der Waals surface area contributed by atoms with Crippen LogP contribution in [0.1, 0.15) is 22.0 Å². The normalized spacial score (nSPS) is 17.7. The molecule has 1 atom stereocenters. The maximum absolute atomic E-state index is 12.3. The Balaban J connectivity index is 1.72. The van der Waals surface area contributed by atoms with Gasteiger partial charge in [0.25, 0.3) is 5.91 Å². The Kier molecular flexibility index (Phi) is 5.18. The highest BCUT2D eigenvalue weighted by Gasteiger charge is 2.17. The zero-order valence-electron chi connectivity index (χ0n) is 12.3. The molecule has 0 spiro atoms. The van der Waals surface area contributed by atoms with Crippen molar-refractivity contribution < 1.29 is 9.53 Å². The molecule has 120 valence electrons. The van der Waals surface area contributed by atoms with Crippen LogP contribution in [0.2, 0.25) is 10.0 Å². The van der Waals surface area contributed by atoms with Gasteiger partial charge in [-0.1, -0.05) is 41.4 Å². The van der Waals surface area contributed by atoms with Gasteiger partial charge in [0, 0.05) is 18.8 Å². The minimum Gasteiger partial charge on any atom is -0.371 e. The summed E-state index contributed by atoms with van der Waals surface area (Å²) >= 11 is 12.1. The SMILES string of the molecule is O=C(Nc1ccc([C@@H]2CNCCO2)cc1)c1c(Cl)cccc1Cl. The predicted octanol–water partition coefficient (Wildman–Crippen LogP) is 3.91. The van der Waals surface area contributed by atoms with E-state index in [4.69, 9.17) is 27.9 Å². The first-order chi connectivity index (χ1) is 11.1. The Morgan fingerprint density at radius 3 is 2.43 bits per heavy atom. The average molecular weight is 351 g/mol. The van der Waals surface area contributed by atoms with Crippen LogP contribution in [0.4, 0.5) is 5.69 Å². The highest BCUT2D eigenvalue weighted by atomic mass is 35.5. The molecule has 1 heterocycles. The fourth-order valence-corrected chi connectivity index (χ4v) is 3.04. The Morgan fingerprint density at radius 1 is 1.13 bits per heavy atom. The third kappa shape index (κ3) is 3.85. The number of morpholine rings is 1. The molecule has 2 aromatic rings. The average Bonchev–Trinajstić information content (AvgIpc) is 2.56. The van der Waals surface area contributed by atoms with Gasteiger partial charge in [0.2, 0.25) is 0 Å². The molecule has 4 nitrogen and oxygen atoms in total. The summed E-state index contributed by atoms with van der Waals surface area (Å²) in [6.07, 6.45) is 0.0477. The third-order valence-corrected chi connectivity index (χ3v) is 4.29. The number of benzene rings is 2. The number of rotatable bonds is 3. The van der Waals surface area contributed by atoms with E-state index in [-0.39, 0.29) is 17.6 Å². The van der Waals surface area contributed by atoms with Crippen LogP contribution >= 0.6 is 23.2 Å². The second kappa shape index (κ2) is 7.32. The summed E-state index contributed by atoms with van der Waals surface area (Å²) in [5.41, 5.74) is 2.03. The molecule has 0 bridgehead atoms. The Morgan fingerprint density at radius 2 is 1.83 bits per heavy atom. The van der Waals surface area contributed by atoms with E-state index >= 15 is 0 Å². The maximum atomic E-state index is 12.3. The number of anilines is 1. The van der Waals surface area contributed by atoms with Crippen LogP contribution in [0.15, 0.2) is 42.5 Å². The van der Waals surface area contributed by atoms with Crippen LogP contribution in [-0.2, 0) is 4.74 Å². The van der Waals surface area contributed by atoms with Crippen LogP contribution < -0.4 is 10.6 Å². The van der Waals surface area contributed by atoms with Gasteiger partial charge >= 0.3 is 0 Å². The number of halogens is 2. The van der Waals surface area contributed by atoms with E-state index in [1.165, 1.54) is 0 Å². The van der Waals surface area contributed by atoms with Crippen molar-refractivity contribution in [1.29, 1.82) is 0 Å². The summed E-state index contributed by atoms with van der Waals surface area (Å²) < 4.78 is 5.70. The van der Waals surface area contributed by atoms with Crippen LogP contribution in [0.5, 0.6) is 0 Å². The predicted molar refractivity (Wildman–Crippen MR) is 92.4 cm³/mol. The van der Waals surface area contributed by atoms with Gasteiger partial charge in [0.05, 0.1) is 28.3 Å². The first-order valence-electron chi connectivity index (χ1n) is 7.33. The van der Waals surface area contributed by atoms with Gasteiger partial charge in [-0.05, 0) is 29.8 Å². The molecule has 1 amide bonds. The molecule has 23 heavy (non-hydrogen) atoms. The second-order valence-electron chi connectivity index (χ2n) is 5.24. The number of hydrogen-bond acceptors (Lipinski definition) is 3. The van der Waals surface area contributed by atoms with Gasteiger partial charge < -0.3 is 15.4 Å². The zero-order chi connectivity index (χ0) is 16.2. The van der Waals surface area contributed by atoms with Gasteiger partial charge in [-0.15, -0.1) is 0 Å². The monoisotopic (exact) mass is 350 g/mol. The number of ether oxygens (including phenoxy) is 1. The molecule has 6 heteroatoms. The van der Waals surface area contributed by atoms with E-state index in [2.05, 4.69) is 10.6 Å². The summed E-state index contributed by atoms with van der Waals surface area (Å²) in [5, 5.41) is 6.75. The van der Waals surface area contributed by atoms with E-state index < -0.39 is 0 Å². The molecule has 0 aromatic heterocycles. The standard InChI is InChI=1S/C17H16Cl2N2O2/c18-13-2-1-3-14(19)16(13)17(22)21-12-6-4-11(5-7-12)15-10-20-8-9-23-15/h1-7,15,20H,8-10H2,(H,21,22)/t15-/m0/s1. The molecule has 0 aliphatic carbocycles. The lowest BCUT2D eigenvalue weighted by Crippen LogP contribution is -2.33. The number of nitrogens with one attached hydrogen (secondary N) is 2. The summed E-state index contributed by atoms with van der Waals surface area (Å²) in [7, 11) is 0. The molecule has 2 N–H and O–H groups in total. The van der Waals surface area contributed by atoms with Crippen molar-refractivity contribution in [2.75, 3.05) is 25.0 Å². The molecule has 1 aliphatic rings. The molecular formula is C17H16Cl2N2O2. The smallest absolute Gasteiger partial charge is 0.258 e. The van der Waals surface area contributed by atoms with Crippen molar-refractivity contribution in [1.82, 2.24) is 5.32 Å². The third-order valence-electron chi connectivity index (χ3n) is 3.66. The molecule has 1 saturated heterocycles. The number of hydrogen-bond donors (Lipinski definition) is 2. The molecule has 0 saturated carbocycles. The van der Waals surface area contributed by atoms with Crippen LogP contribution in [0.3, 0.4) is 0 Å². The highest BCUT2D eigenvalue weighted by Crippen LogP contribution is 2.26. The van der Waals surface area contributed by atoms with E-state index in [1.54, 1.807) is 18.2 Å². The minimum atomic E-state index is -0.330. The van der Waals surface area contributed by atoms with Crippen molar-refractivity contribution in [2.24, 2.45) is 0 Å². The van der Waals surface area contributed by atoms with Gasteiger partial charge in [-0.25, -0.2) is 0 Å². The topological polar surface area (TPSA) is 50.4 Å². The summed E-state index contributed by atoms with van der Waals surface area (Å²) in [5.74, 6) is -0.330. The largest absolute Gasteiger partial charge is 0.371 e. The van der Waals surface area contributed by atoms with Gasteiger partial charge in [0.1, 0.15) is 0 Å². The number of carbonyl (C=O) groups is 1. The lowest BCUT2D eigenvalue weighted by molar-refractivity contribution is 0.0277. The zero-order valence-corrected chi connectivity index (χ0v) is 13.8. The number of carbonyl (C=O) groups excluding carboxylic acids is 1. The molecule has 3 rings (SSSR count). The first kappa shape index (κ1) is 16.3. The van der Waals surface area contributed by atoms with Gasteiger partial charge in [-0.2, -0.15) is 0 Å². The summed E-state index contributed by atoms with van der Waals surface area (Å²) in [4.78, 5) is 12.3. The van der Waals surface area contributed by atoms with Crippen LogP contribution in [-0.4, -0.2) is 25.6 Å². The molecule has 1 aliphatic heterocycles. The molecule has 0 radical (unpaired) electrons. The van der Waals surface area contributed by atoms with Crippen LogP contribution in [0.25, 0.3) is 0 Å². The van der Waals surface area contributed by atoms with Crippen LogP contribution in [0, 0.1) is 0 Å². The van der Waals surface area contributed by atoms with Crippen molar-refractivity contribution in [2.45, 2.75) is 6.10 Å². The van der Waals surface area contributed by atoms with E-state index in [9.17, 15) is 4.79 Å². The fourth-order valence-electron chi connectivity index (χ4n) is 2.47. The molecular weight excluding hydrogens is 335 g/mol. The van der Waals surface area contributed by atoms with E-state index in [0.29, 0.717) is 22.3 Å². The fraction of sp³-hybridized carbons (Fsp3) is 0.235. The lowest BCUT2D eigenvalue weighted by Gasteiger charge is -2.24.